The van der Waals surface area contributed by atoms with E-state index < -0.39 is 4.75 Å². The molecule has 0 aliphatic carbocycles. The van der Waals surface area contributed by atoms with Gasteiger partial charge in [-0.1, -0.05) is 40.1 Å². The molecule has 1 saturated heterocycles. The van der Waals surface area contributed by atoms with Gasteiger partial charge in [0, 0.05) is 5.75 Å². The van der Waals surface area contributed by atoms with E-state index in [1.807, 2.05) is 6.26 Å². The van der Waals surface area contributed by atoms with E-state index in [1.54, 1.807) is 0 Å². The van der Waals surface area contributed by atoms with Crippen molar-refractivity contribution >= 4 is 38.9 Å². The number of terminal acetylenes is 1. The van der Waals surface area contributed by atoms with Gasteiger partial charge in [-0.3, -0.25) is 4.57 Å². The highest BCUT2D eigenvalue weighted by molar-refractivity contribution is 9.15. The maximum atomic E-state index is 11.5. The van der Waals surface area contributed by atoms with E-state index in [9.17, 15) is 4.57 Å². The monoisotopic (exact) mass is 210 g/mol. The third-order valence-corrected chi connectivity index (χ3v) is 13.7. The predicted octanol–water partition coefficient (Wildman–Crippen LogP) is 2.94. The van der Waals surface area contributed by atoms with Crippen LogP contribution in [0.4, 0.5) is 0 Å². The fourth-order valence-corrected chi connectivity index (χ4v) is 11.0. The summed E-state index contributed by atoms with van der Waals surface area (Å²) in [5.74, 6) is 3.46. The van der Waals surface area contributed by atoms with Crippen molar-refractivity contribution < 1.29 is 4.57 Å². The molecule has 0 aromatic carbocycles. The summed E-state index contributed by atoms with van der Waals surface area (Å²) >= 11 is 4.41. The molecule has 56 valence electrons. The minimum absolute atomic E-state index is 0.170. The van der Waals surface area contributed by atoms with Crippen LogP contribution in [0.15, 0.2) is 0 Å². The van der Waals surface area contributed by atoms with Crippen molar-refractivity contribution in [3.05, 3.63) is 0 Å². The molecule has 5 heteroatoms. The van der Waals surface area contributed by atoms with Gasteiger partial charge in [0.2, 0.25) is 4.75 Å². The van der Waals surface area contributed by atoms with Gasteiger partial charge in [0.05, 0.1) is 5.25 Å². The lowest BCUT2D eigenvalue weighted by Gasteiger charge is -2.02. The second kappa shape index (κ2) is 3.49. The highest BCUT2D eigenvalue weighted by Gasteiger charge is 2.34. The van der Waals surface area contributed by atoms with Gasteiger partial charge in [0.1, 0.15) is 0 Å². The van der Waals surface area contributed by atoms with Crippen LogP contribution < -0.4 is 0 Å². The van der Waals surface area contributed by atoms with E-state index in [0.717, 1.165) is 5.75 Å². The number of hydrogen-bond acceptors (Lipinski definition) is 4. The minimum atomic E-state index is -2.02. The van der Waals surface area contributed by atoms with Gasteiger partial charge in [-0.2, -0.15) is 0 Å². The molecule has 0 saturated carbocycles. The van der Waals surface area contributed by atoms with Crippen LogP contribution in [0.2, 0.25) is 0 Å². The second-order valence-corrected chi connectivity index (χ2v) is 13.5. The van der Waals surface area contributed by atoms with Gasteiger partial charge < -0.3 is 0 Å². The zero-order valence-corrected chi connectivity index (χ0v) is 8.79. The number of rotatable bonds is 1. The first kappa shape index (κ1) is 8.93. The van der Waals surface area contributed by atoms with Crippen LogP contribution in [0, 0.1) is 12.3 Å². The van der Waals surface area contributed by atoms with Crippen molar-refractivity contribution in [3.8, 4) is 12.3 Å². The normalized spacial score (nSPS) is 39.4. The van der Waals surface area contributed by atoms with Gasteiger partial charge in [-0.25, -0.2) is 0 Å². The van der Waals surface area contributed by atoms with Crippen LogP contribution in [-0.4, -0.2) is 17.3 Å². The summed E-state index contributed by atoms with van der Waals surface area (Å²) in [5.41, 5.74) is 0. The molecule has 1 rings (SSSR count). The Morgan fingerprint density at radius 1 is 1.90 bits per heavy atom. The third-order valence-electron chi connectivity index (χ3n) is 1.05. The molecule has 2 unspecified atom stereocenters. The molecule has 0 aromatic heterocycles. The van der Waals surface area contributed by atoms with Crippen molar-refractivity contribution in [1.82, 2.24) is 0 Å². The SMILES string of the molecule is C#CC1CSP(=O)(SC)S1. The quantitative estimate of drug-likeness (QED) is 0.488. The fourth-order valence-electron chi connectivity index (χ4n) is 0.550. The summed E-state index contributed by atoms with van der Waals surface area (Å²) < 4.78 is 9.53. The fraction of sp³-hybridized carbons (Fsp3) is 0.600. The van der Waals surface area contributed by atoms with Crippen LogP contribution in [0.5, 0.6) is 0 Å². The lowest BCUT2D eigenvalue weighted by atomic mass is 10.5. The molecule has 0 N–H and O–H groups in total. The minimum Gasteiger partial charge on any atom is -0.289 e. The maximum Gasteiger partial charge on any atom is 0.244 e. The Labute approximate surface area is 73.1 Å². The van der Waals surface area contributed by atoms with Gasteiger partial charge in [0.15, 0.2) is 0 Å². The summed E-state index contributed by atoms with van der Waals surface area (Å²) in [6.45, 7) is 0. The van der Waals surface area contributed by atoms with Gasteiger partial charge >= 0.3 is 0 Å². The van der Waals surface area contributed by atoms with E-state index in [-0.39, 0.29) is 5.25 Å². The predicted molar refractivity (Wildman–Crippen MR) is 53.8 cm³/mol. The molecule has 1 fully saturated rings. The first-order valence-corrected chi connectivity index (χ1v) is 9.26. The van der Waals surface area contributed by atoms with Crippen LogP contribution in [0.25, 0.3) is 0 Å². The topological polar surface area (TPSA) is 17.1 Å². The Bertz CT molecular complexity index is 209. The standard InChI is InChI=1S/C5H7OPS3/c1-3-5-4-9-7(6,8-2)10-5/h1,5H,4H2,2H3. The molecule has 1 heterocycles. The Morgan fingerprint density at radius 2 is 2.60 bits per heavy atom. The lowest BCUT2D eigenvalue weighted by Crippen LogP contribution is -1.92. The van der Waals surface area contributed by atoms with E-state index in [2.05, 4.69) is 5.92 Å². The molecular formula is C5H7OPS3. The van der Waals surface area contributed by atoms with Crippen LogP contribution in [-0.2, 0) is 4.57 Å². The molecule has 1 aliphatic heterocycles. The number of hydrogen-bond donors (Lipinski definition) is 0. The zero-order chi connectivity index (χ0) is 7.61. The first-order valence-electron chi connectivity index (χ1n) is 2.65. The highest BCUT2D eigenvalue weighted by Crippen LogP contribution is 2.82. The Balaban J connectivity index is 2.60. The van der Waals surface area contributed by atoms with E-state index in [4.69, 9.17) is 6.42 Å². The molecule has 0 bridgehead atoms. The molecule has 0 amide bonds. The summed E-state index contributed by atoms with van der Waals surface area (Å²) in [5, 5.41) is 0.170. The molecule has 0 radical (unpaired) electrons. The Morgan fingerprint density at radius 3 is 2.90 bits per heavy atom. The Kier molecular flexibility index (Phi) is 3.12. The van der Waals surface area contributed by atoms with Gasteiger partial charge in [0.25, 0.3) is 0 Å². The van der Waals surface area contributed by atoms with E-state index in [1.165, 1.54) is 34.1 Å². The largest absolute Gasteiger partial charge is 0.289 e. The van der Waals surface area contributed by atoms with Crippen LogP contribution in [0.1, 0.15) is 0 Å². The summed E-state index contributed by atoms with van der Waals surface area (Å²) in [7, 11) is 0. The molecule has 2 atom stereocenters. The summed E-state index contributed by atoms with van der Waals surface area (Å²) in [6, 6.07) is 0. The average Bonchev–Trinajstić information content (AvgIpc) is 2.33. The zero-order valence-electron chi connectivity index (χ0n) is 5.44. The molecule has 1 aliphatic rings. The van der Waals surface area contributed by atoms with Crippen LogP contribution in [0.3, 0.4) is 0 Å². The van der Waals surface area contributed by atoms with Gasteiger partial charge in [-0.15, -0.1) is 6.42 Å². The van der Waals surface area contributed by atoms with Crippen LogP contribution >= 0.6 is 38.9 Å². The molecule has 10 heavy (non-hydrogen) atoms. The maximum absolute atomic E-state index is 11.5. The Hall–Kier alpha value is 0.840. The van der Waals surface area contributed by atoms with Crippen molar-refractivity contribution in [2.75, 3.05) is 12.0 Å². The first-order chi connectivity index (χ1) is 4.70. The molecular weight excluding hydrogens is 203 g/mol. The molecule has 0 aromatic rings. The summed E-state index contributed by atoms with van der Waals surface area (Å²) in [6.07, 6.45) is 7.07. The highest BCUT2D eigenvalue weighted by atomic mass is 33.4. The smallest absolute Gasteiger partial charge is 0.244 e. The summed E-state index contributed by atoms with van der Waals surface area (Å²) in [4.78, 5) is 0. The van der Waals surface area contributed by atoms with Crippen molar-refractivity contribution in [2.45, 2.75) is 5.25 Å². The third kappa shape index (κ3) is 1.92. The average molecular weight is 210 g/mol. The molecule has 0 spiro atoms. The van der Waals surface area contributed by atoms with E-state index in [0.29, 0.717) is 0 Å². The van der Waals surface area contributed by atoms with Crippen molar-refractivity contribution in [3.63, 3.8) is 0 Å². The van der Waals surface area contributed by atoms with Crippen molar-refractivity contribution in [1.29, 1.82) is 0 Å². The van der Waals surface area contributed by atoms with Gasteiger partial charge in [-0.05, 0) is 6.26 Å². The van der Waals surface area contributed by atoms with E-state index >= 15 is 0 Å². The molecule has 1 nitrogen and oxygen atoms in total. The second-order valence-electron chi connectivity index (χ2n) is 1.69. The van der Waals surface area contributed by atoms with Crippen molar-refractivity contribution in [2.24, 2.45) is 0 Å². The lowest BCUT2D eigenvalue weighted by molar-refractivity contribution is 0.601.